The van der Waals surface area contributed by atoms with E-state index in [4.69, 9.17) is 11.6 Å². The van der Waals surface area contributed by atoms with Crippen molar-refractivity contribution < 1.29 is 14.3 Å². The second kappa shape index (κ2) is 7.79. The van der Waals surface area contributed by atoms with Gasteiger partial charge in [0.1, 0.15) is 0 Å². The van der Waals surface area contributed by atoms with Gasteiger partial charge in [-0.25, -0.2) is 0 Å². The molecule has 1 amide bonds. The van der Waals surface area contributed by atoms with Crippen molar-refractivity contribution in [2.45, 2.75) is 32.2 Å². The summed E-state index contributed by atoms with van der Waals surface area (Å²) in [7, 11) is 1.33. The molecule has 0 radical (unpaired) electrons. The minimum Gasteiger partial charge on any atom is -0.469 e. The van der Waals surface area contributed by atoms with Gasteiger partial charge in [-0.05, 0) is 31.0 Å². The lowest BCUT2D eigenvalue weighted by Gasteiger charge is -2.12. The number of hydrogen-bond donors (Lipinski definition) is 1. The second-order valence-electron chi connectivity index (χ2n) is 4.38. The highest BCUT2D eigenvalue weighted by molar-refractivity contribution is 6.30. The minimum atomic E-state index is -0.328. The zero-order valence-electron chi connectivity index (χ0n) is 11.1. The Balaban J connectivity index is 2.31. The van der Waals surface area contributed by atoms with E-state index in [9.17, 15) is 9.59 Å². The van der Waals surface area contributed by atoms with Crippen LogP contribution >= 0.6 is 11.6 Å². The molecule has 0 aliphatic rings. The molecule has 1 rings (SSSR count). The van der Waals surface area contributed by atoms with Crippen molar-refractivity contribution in [3.05, 3.63) is 34.9 Å². The van der Waals surface area contributed by atoms with Gasteiger partial charge in [-0.1, -0.05) is 23.7 Å². The van der Waals surface area contributed by atoms with Crippen molar-refractivity contribution in [2.75, 3.05) is 7.11 Å². The van der Waals surface area contributed by atoms with Crippen LogP contribution in [0.25, 0.3) is 0 Å². The number of carbonyl (C=O) groups excluding carboxylic acids is 2. The van der Waals surface area contributed by atoms with Gasteiger partial charge < -0.3 is 10.1 Å². The van der Waals surface area contributed by atoms with Crippen LogP contribution in [0.3, 0.4) is 0 Å². The highest BCUT2D eigenvalue weighted by Crippen LogP contribution is 2.10. The van der Waals surface area contributed by atoms with Crippen LogP contribution in [0.4, 0.5) is 0 Å². The predicted octanol–water partition coefficient (Wildman–Crippen LogP) is 2.34. The van der Waals surface area contributed by atoms with Gasteiger partial charge in [-0.3, -0.25) is 9.59 Å². The molecule has 5 heteroatoms. The maximum atomic E-state index is 11.7. The number of amides is 1. The fourth-order valence-corrected chi connectivity index (χ4v) is 1.77. The first-order valence-electron chi connectivity index (χ1n) is 6.12. The van der Waals surface area contributed by atoms with Gasteiger partial charge in [0.15, 0.2) is 0 Å². The fraction of sp³-hybridized carbons (Fsp3) is 0.429. The Bertz CT molecular complexity index is 431. The lowest BCUT2D eigenvalue weighted by molar-refractivity contribution is -0.141. The SMILES string of the molecule is COC(=O)CC(C)NC(=O)CCc1ccc(Cl)cc1. The molecule has 0 aliphatic carbocycles. The third-order valence-corrected chi connectivity index (χ3v) is 2.91. The molecule has 0 saturated carbocycles. The molecule has 1 aromatic carbocycles. The number of halogens is 1. The van der Waals surface area contributed by atoms with Gasteiger partial charge in [-0.15, -0.1) is 0 Å². The zero-order valence-corrected chi connectivity index (χ0v) is 11.9. The van der Waals surface area contributed by atoms with Crippen LogP contribution in [0.5, 0.6) is 0 Å². The summed E-state index contributed by atoms with van der Waals surface area (Å²) >= 11 is 5.78. The van der Waals surface area contributed by atoms with E-state index < -0.39 is 0 Å². The number of esters is 1. The number of ether oxygens (including phenoxy) is 1. The molecule has 0 aliphatic heterocycles. The van der Waals surface area contributed by atoms with Crippen LogP contribution in [-0.4, -0.2) is 25.0 Å². The highest BCUT2D eigenvalue weighted by Gasteiger charge is 2.11. The van der Waals surface area contributed by atoms with Gasteiger partial charge in [0.25, 0.3) is 0 Å². The largest absolute Gasteiger partial charge is 0.469 e. The molecule has 104 valence electrons. The molecule has 0 fully saturated rings. The molecule has 1 aromatic rings. The molecule has 4 nitrogen and oxygen atoms in total. The Kier molecular flexibility index (Phi) is 6.36. The third-order valence-electron chi connectivity index (χ3n) is 2.66. The lowest BCUT2D eigenvalue weighted by atomic mass is 10.1. The van der Waals surface area contributed by atoms with E-state index in [0.29, 0.717) is 17.9 Å². The summed E-state index contributed by atoms with van der Waals surface area (Å²) in [5.41, 5.74) is 1.06. The molecule has 1 atom stereocenters. The van der Waals surface area contributed by atoms with Gasteiger partial charge >= 0.3 is 5.97 Å². The Morgan fingerprint density at radius 2 is 1.95 bits per heavy atom. The maximum Gasteiger partial charge on any atom is 0.307 e. The van der Waals surface area contributed by atoms with Crippen molar-refractivity contribution in [3.8, 4) is 0 Å². The van der Waals surface area contributed by atoms with E-state index in [-0.39, 0.29) is 24.3 Å². The van der Waals surface area contributed by atoms with Crippen molar-refractivity contribution >= 4 is 23.5 Å². The fourth-order valence-electron chi connectivity index (χ4n) is 1.64. The number of nitrogens with one attached hydrogen (secondary N) is 1. The summed E-state index contributed by atoms with van der Waals surface area (Å²) in [5.74, 6) is -0.406. The van der Waals surface area contributed by atoms with Gasteiger partial charge in [0.05, 0.1) is 13.5 Å². The van der Waals surface area contributed by atoms with E-state index in [1.807, 2.05) is 12.1 Å². The molecule has 0 saturated heterocycles. The summed E-state index contributed by atoms with van der Waals surface area (Å²) < 4.78 is 4.54. The Morgan fingerprint density at radius 3 is 2.53 bits per heavy atom. The lowest BCUT2D eigenvalue weighted by Crippen LogP contribution is -2.34. The van der Waals surface area contributed by atoms with E-state index in [1.54, 1.807) is 19.1 Å². The van der Waals surface area contributed by atoms with Gasteiger partial charge in [-0.2, -0.15) is 0 Å². The second-order valence-corrected chi connectivity index (χ2v) is 4.81. The number of methoxy groups -OCH3 is 1. The smallest absolute Gasteiger partial charge is 0.307 e. The first-order chi connectivity index (χ1) is 9.01. The monoisotopic (exact) mass is 283 g/mol. The van der Waals surface area contributed by atoms with Crippen LogP contribution < -0.4 is 5.32 Å². The first kappa shape index (κ1) is 15.5. The number of benzene rings is 1. The average molecular weight is 284 g/mol. The van der Waals surface area contributed by atoms with Crippen molar-refractivity contribution in [1.82, 2.24) is 5.32 Å². The molecule has 0 heterocycles. The van der Waals surface area contributed by atoms with Crippen LogP contribution in [0.2, 0.25) is 5.02 Å². The number of rotatable bonds is 6. The molecular formula is C14H18ClNO3. The van der Waals surface area contributed by atoms with Crippen LogP contribution in [0.15, 0.2) is 24.3 Å². The molecule has 19 heavy (non-hydrogen) atoms. The Labute approximate surface area is 118 Å². The predicted molar refractivity (Wildman–Crippen MR) is 74.0 cm³/mol. The minimum absolute atomic E-state index is 0.0775. The number of aryl methyl sites for hydroxylation is 1. The summed E-state index contributed by atoms with van der Waals surface area (Å²) in [6, 6.07) is 7.18. The quantitative estimate of drug-likeness (QED) is 0.815. The average Bonchev–Trinajstić information content (AvgIpc) is 2.37. The van der Waals surface area contributed by atoms with E-state index >= 15 is 0 Å². The van der Waals surface area contributed by atoms with E-state index in [0.717, 1.165) is 5.56 Å². The molecule has 1 N–H and O–H groups in total. The highest BCUT2D eigenvalue weighted by atomic mass is 35.5. The standard InChI is InChI=1S/C14H18ClNO3/c1-10(9-14(18)19-2)16-13(17)8-5-11-3-6-12(15)7-4-11/h3-4,6-7,10H,5,8-9H2,1-2H3,(H,16,17). The van der Waals surface area contributed by atoms with Crippen LogP contribution in [-0.2, 0) is 20.7 Å². The molecule has 1 unspecified atom stereocenters. The summed E-state index contributed by atoms with van der Waals surface area (Å²) in [6.07, 6.45) is 1.21. The van der Waals surface area contributed by atoms with Crippen LogP contribution in [0, 0.1) is 0 Å². The normalized spacial score (nSPS) is 11.7. The Morgan fingerprint density at radius 1 is 1.32 bits per heavy atom. The molecule has 0 aromatic heterocycles. The topological polar surface area (TPSA) is 55.4 Å². The number of hydrogen-bond acceptors (Lipinski definition) is 3. The molecule has 0 spiro atoms. The van der Waals surface area contributed by atoms with E-state index in [2.05, 4.69) is 10.1 Å². The molecular weight excluding hydrogens is 266 g/mol. The van der Waals surface area contributed by atoms with Crippen LogP contribution in [0.1, 0.15) is 25.3 Å². The summed E-state index contributed by atoms with van der Waals surface area (Å²) in [4.78, 5) is 22.7. The van der Waals surface area contributed by atoms with E-state index in [1.165, 1.54) is 7.11 Å². The van der Waals surface area contributed by atoms with Crippen molar-refractivity contribution in [2.24, 2.45) is 0 Å². The van der Waals surface area contributed by atoms with Gasteiger partial charge in [0.2, 0.25) is 5.91 Å². The van der Waals surface area contributed by atoms with Crippen molar-refractivity contribution in [1.29, 1.82) is 0 Å². The first-order valence-corrected chi connectivity index (χ1v) is 6.49. The summed E-state index contributed by atoms with van der Waals surface area (Å²) in [6.45, 7) is 1.77. The molecule has 0 bridgehead atoms. The summed E-state index contributed by atoms with van der Waals surface area (Å²) in [5, 5.41) is 3.44. The van der Waals surface area contributed by atoms with Gasteiger partial charge in [0, 0.05) is 17.5 Å². The maximum absolute atomic E-state index is 11.7. The van der Waals surface area contributed by atoms with Crippen molar-refractivity contribution in [3.63, 3.8) is 0 Å². The number of carbonyl (C=O) groups is 2. The Hall–Kier alpha value is -1.55. The zero-order chi connectivity index (χ0) is 14.3. The third kappa shape index (κ3) is 6.25.